The van der Waals surface area contributed by atoms with E-state index in [2.05, 4.69) is 39.5 Å². The Morgan fingerprint density at radius 2 is 2.00 bits per heavy atom. The number of allylic oxidation sites excluding steroid dienone is 3. The van der Waals surface area contributed by atoms with Crippen molar-refractivity contribution >= 4 is 0 Å². The fourth-order valence-corrected chi connectivity index (χ4v) is 0.771. The van der Waals surface area contributed by atoms with Gasteiger partial charge in [0.05, 0.1) is 0 Å². The molecule has 0 aromatic rings. The predicted molar refractivity (Wildman–Crippen MR) is 52.6 cm³/mol. The van der Waals surface area contributed by atoms with Crippen LogP contribution in [0, 0.1) is 11.8 Å². The Bertz CT molecular complexity index is 122. The summed E-state index contributed by atoms with van der Waals surface area (Å²) in [6.07, 6.45) is 8.92. The molecule has 2 unspecified atom stereocenters. The highest BCUT2D eigenvalue weighted by molar-refractivity contribution is 4.94. The van der Waals surface area contributed by atoms with Crippen molar-refractivity contribution in [1.82, 2.24) is 0 Å². The standard InChI is InChI=1S/C11H20/c1-5-10(3)8-7-9-11(4)6-2/h5,7-8,10-11H,1,6,9H2,2-4H3. The van der Waals surface area contributed by atoms with Gasteiger partial charge in [0.15, 0.2) is 0 Å². The molecule has 0 aliphatic rings. The van der Waals surface area contributed by atoms with E-state index in [9.17, 15) is 0 Å². The zero-order chi connectivity index (χ0) is 8.69. The Balaban J connectivity index is 3.50. The summed E-state index contributed by atoms with van der Waals surface area (Å²) in [6.45, 7) is 10.4. The summed E-state index contributed by atoms with van der Waals surface area (Å²) >= 11 is 0. The van der Waals surface area contributed by atoms with Crippen LogP contribution in [0.5, 0.6) is 0 Å². The van der Waals surface area contributed by atoms with E-state index >= 15 is 0 Å². The SMILES string of the molecule is C=CC(C)C=CCC(C)CC. The zero-order valence-electron chi connectivity index (χ0n) is 8.01. The topological polar surface area (TPSA) is 0 Å². The lowest BCUT2D eigenvalue weighted by Gasteiger charge is -2.03. The van der Waals surface area contributed by atoms with Gasteiger partial charge in [0, 0.05) is 0 Å². The quantitative estimate of drug-likeness (QED) is 0.526. The van der Waals surface area contributed by atoms with Crippen molar-refractivity contribution in [2.24, 2.45) is 11.8 Å². The number of hydrogen-bond donors (Lipinski definition) is 0. The summed E-state index contributed by atoms with van der Waals surface area (Å²) in [5.41, 5.74) is 0. The Labute approximate surface area is 71.0 Å². The van der Waals surface area contributed by atoms with Crippen LogP contribution in [0.3, 0.4) is 0 Å². The fraction of sp³-hybridized carbons (Fsp3) is 0.636. The first-order chi connectivity index (χ1) is 5.20. The normalized spacial score (nSPS) is 16.6. The molecule has 0 nitrogen and oxygen atoms in total. The summed E-state index contributed by atoms with van der Waals surface area (Å²) in [6, 6.07) is 0. The van der Waals surface area contributed by atoms with Gasteiger partial charge in [-0.15, -0.1) is 6.58 Å². The molecule has 0 spiro atoms. The molecule has 0 aliphatic heterocycles. The first-order valence-electron chi connectivity index (χ1n) is 4.49. The fourth-order valence-electron chi connectivity index (χ4n) is 0.771. The lowest BCUT2D eigenvalue weighted by atomic mass is 10.0. The molecule has 0 saturated carbocycles. The summed E-state index contributed by atoms with van der Waals surface area (Å²) in [5, 5.41) is 0. The lowest BCUT2D eigenvalue weighted by molar-refractivity contribution is 0.570. The van der Waals surface area contributed by atoms with E-state index in [-0.39, 0.29) is 0 Å². The van der Waals surface area contributed by atoms with E-state index in [0.717, 1.165) is 5.92 Å². The van der Waals surface area contributed by atoms with Crippen molar-refractivity contribution in [3.05, 3.63) is 24.8 Å². The van der Waals surface area contributed by atoms with Gasteiger partial charge in [-0.1, -0.05) is 45.4 Å². The van der Waals surface area contributed by atoms with Gasteiger partial charge >= 0.3 is 0 Å². The van der Waals surface area contributed by atoms with Gasteiger partial charge in [0.1, 0.15) is 0 Å². The van der Waals surface area contributed by atoms with Crippen LogP contribution in [-0.4, -0.2) is 0 Å². The average Bonchev–Trinajstić information content (AvgIpc) is 2.04. The molecule has 0 aromatic carbocycles. The first kappa shape index (κ1) is 10.5. The van der Waals surface area contributed by atoms with Gasteiger partial charge in [0.2, 0.25) is 0 Å². The largest absolute Gasteiger partial charge is 0.102 e. The molecule has 0 heterocycles. The van der Waals surface area contributed by atoms with E-state index in [1.807, 2.05) is 6.08 Å². The van der Waals surface area contributed by atoms with Crippen LogP contribution >= 0.6 is 0 Å². The van der Waals surface area contributed by atoms with Gasteiger partial charge in [-0.3, -0.25) is 0 Å². The van der Waals surface area contributed by atoms with Crippen LogP contribution in [-0.2, 0) is 0 Å². The Morgan fingerprint density at radius 1 is 1.36 bits per heavy atom. The third-order valence-corrected chi connectivity index (χ3v) is 2.05. The molecule has 0 N–H and O–H groups in total. The molecule has 0 rings (SSSR count). The number of hydrogen-bond acceptors (Lipinski definition) is 0. The minimum atomic E-state index is 0.527. The zero-order valence-corrected chi connectivity index (χ0v) is 8.01. The van der Waals surface area contributed by atoms with Crippen molar-refractivity contribution < 1.29 is 0 Å². The highest BCUT2D eigenvalue weighted by atomic mass is 14.0. The Morgan fingerprint density at radius 3 is 2.45 bits per heavy atom. The summed E-state index contributed by atoms with van der Waals surface area (Å²) in [4.78, 5) is 0. The molecular formula is C11H20. The molecule has 0 saturated heterocycles. The maximum Gasteiger partial charge on any atom is -0.00846 e. The van der Waals surface area contributed by atoms with Crippen molar-refractivity contribution in [1.29, 1.82) is 0 Å². The second kappa shape index (κ2) is 6.21. The molecule has 0 radical (unpaired) electrons. The predicted octanol–water partition coefficient (Wildman–Crippen LogP) is 3.80. The molecule has 2 atom stereocenters. The van der Waals surface area contributed by atoms with Crippen LogP contribution in [0.15, 0.2) is 24.8 Å². The average molecular weight is 152 g/mol. The third-order valence-electron chi connectivity index (χ3n) is 2.05. The maximum atomic E-state index is 3.73. The van der Waals surface area contributed by atoms with E-state index < -0.39 is 0 Å². The minimum Gasteiger partial charge on any atom is -0.102 e. The lowest BCUT2D eigenvalue weighted by Crippen LogP contribution is -1.89. The van der Waals surface area contributed by atoms with Gasteiger partial charge in [-0.25, -0.2) is 0 Å². The molecule has 11 heavy (non-hydrogen) atoms. The van der Waals surface area contributed by atoms with Crippen LogP contribution in [0.2, 0.25) is 0 Å². The molecule has 64 valence electrons. The van der Waals surface area contributed by atoms with Crippen LogP contribution in [0.4, 0.5) is 0 Å². The number of rotatable bonds is 5. The summed E-state index contributed by atoms with van der Waals surface area (Å²) in [7, 11) is 0. The van der Waals surface area contributed by atoms with Gasteiger partial charge in [-0.2, -0.15) is 0 Å². The third kappa shape index (κ3) is 5.90. The van der Waals surface area contributed by atoms with Crippen molar-refractivity contribution in [2.75, 3.05) is 0 Å². The van der Waals surface area contributed by atoms with Crippen LogP contribution in [0.1, 0.15) is 33.6 Å². The smallest absolute Gasteiger partial charge is 0.00846 e. The second-order valence-corrected chi connectivity index (χ2v) is 3.27. The van der Waals surface area contributed by atoms with E-state index in [0.29, 0.717) is 5.92 Å². The maximum absolute atomic E-state index is 3.73. The highest BCUT2D eigenvalue weighted by Gasteiger charge is 1.93. The molecule has 0 aromatic heterocycles. The van der Waals surface area contributed by atoms with Gasteiger partial charge in [0.25, 0.3) is 0 Å². The van der Waals surface area contributed by atoms with Crippen molar-refractivity contribution in [2.45, 2.75) is 33.6 Å². The highest BCUT2D eigenvalue weighted by Crippen LogP contribution is 2.08. The van der Waals surface area contributed by atoms with Gasteiger partial charge in [-0.05, 0) is 18.3 Å². The molecule has 0 fully saturated rings. The van der Waals surface area contributed by atoms with Gasteiger partial charge < -0.3 is 0 Å². The molecule has 0 amide bonds. The van der Waals surface area contributed by atoms with E-state index in [1.54, 1.807) is 0 Å². The van der Waals surface area contributed by atoms with E-state index in [1.165, 1.54) is 12.8 Å². The van der Waals surface area contributed by atoms with Crippen molar-refractivity contribution in [3.8, 4) is 0 Å². The monoisotopic (exact) mass is 152 g/mol. The summed E-state index contributed by atoms with van der Waals surface area (Å²) < 4.78 is 0. The molecule has 0 bridgehead atoms. The Kier molecular flexibility index (Phi) is 5.91. The molecular weight excluding hydrogens is 132 g/mol. The molecule has 0 heteroatoms. The molecule has 0 aliphatic carbocycles. The second-order valence-electron chi connectivity index (χ2n) is 3.27. The van der Waals surface area contributed by atoms with Crippen LogP contribution < -0.4 is 0 Å². The summed E-state index contributed by atoms with van der Waals surface area (Å²) in [5.74, 6) is 1.35. The van der Waals surface area contributed by atoms with Crippen LogP contribution in [0.25, 0.3) is 0 Å². The van der Waals surface area contributed by atoms with Crippen molar-refractivity contribution in [3.63, 3.8) is 0 Å². The first-order valence-corrected chi connectivity index (χ1v) is 4.49. The Hall–Kier alpha value is -0.520. The minimum absolute atomic E-state index is 0.527. The van der Waals surface area contributed by atoms with E-state index in [4.69, 9.17) is 0 Å².